The van der Waals surface area contributed by atoms with Gasteiger partial charge in [0.15, 0.2) is 0 Å². The molecule has 0 saturated carbocycles. The van der Waals surface area contributed by atoms with Crippen molar-refractivity contribution in [3.05, 3.63) is 105 Å². The van der Waals surface area contributed by atoms with Crippen molar-refractivity contribution in [2.45, 2.75) is 24.8 Å². The van der Waals surface area contributed by atoms with E-state index >= 15 is 0 Å². The van der Waals surface area contributed by atoms with Gasteiger partial charge >= 0.3 is 0 Å². The summed E-state index contributed by atoms with van der Waals surface area (Å²) in [5.74, 6) is 0.734. The maximum Gasteiger partial charge on any atom is 0.264 e. The van der Waals surface area contributed by atoms with Gasteiger partial charge in [0.2, 0.25) is 0 Å². The highest BCUT2D eigenvalue weighted by Gasteiger charge is 2.23. The number of aryl methyl sites for hydroxylation is 2. The quantitative estimate of drug-likeness (QED) is 0.231. The van der Waals surface area contributed by atoms with Crippen molar-refractivity contribution < 1.29 is 13.2 Å². The molecule has 3 aromatic carbocycles. The molecule has 5 nitrogen and oxygen atoms in total. The number of halogens is 1. The number of ether oxygens (including phenoxy) is 1. The molecule has 34 heavy (non-hydrogen) atoms. The molecule has 1 heterocycles. The van der Waals surface area contributed by atoms with E-state index in [2.05, 4.69) is 45.5 Å². The van der Waals surface area contributed by atoms with Gasteiger partial charge in [-0.2, -0.15) is 0 Å². The van der Waals surface area contributed by atoms with Crippen molar-refractivity contribution >= 4 is 43.5 Å². The van der Waals surface area contributed by atoms with Gasteiger partial charge in [-0.1, -0.05) is 48.0 Å². The molecule has 0 aliphatic rings. The molecule has 4 rings (SSSR count). The third-order valence-corrected chi connectivity index (χ3v) is 8.13. The normalized spacial score (nSPS) is 12.2. The van der Waals surface area contributed by atoms with Crippen LogP contribution in [0.3, 0.4) is 0 Å². The molecule has 0 unspecified atom stereocenters. The van der Waals surface area contributed by atoms with Crippen molar-refractivity contribution in [1.82, 2.24) is 8.87 Å². The molecule has 0 spiro atoms. The van der Waals surface area contributed by atoms with Gasteiger partial charge in [0.05, 0.1) is 18.6 Å². The van der Waals surface area contributed by atoms with E-state index in [0.717, 1.165) is 31.5 Å². The van der Waals surface area contributed by atoms with Gasteiger partial charge < -0.3 is 9.30 Å². The molecule has 7 heteroatoms. The summed E-state index contributed by atoms with van der Waals surface area (Å²) in [6.07, 6.45) is 4.51. The number of rotatable bonds is 8. The Kier molecular flexibility index (Phi) is 7.33. The standard InChI is InChI=1S/C27H27IN2O3S/c1-20-8-14-25(15-9-20)34(31,32)30(17-21-10-12-24(33-3)13-11-21)19-23(28)16-22-18-29(2)27-7-5-4-6-26(22)27/h4-15,18-19H,16-17H2,1-3H3/b23-19-. The Hall–Kier alpha value is -2.78. The summed E-state index contributed by atoms with van der Waals surface area (Å²) in [7, 11) is -0.1000. The van der Waals surface area contributed by atoms with E-state index in [9.17, 15) is 8.42 Å². The molecule has 176 valence electrons. The van der Waals surface area contributed by atoms with Crippen molar-refractivity contribution in [3.8, 4) is 5.75 Å². The second-order valence-electron chi connectivity index (χ2n) is 8.25. The first kappa shape index (κ1) is 24.3. The lowest BCUT2D eigenvalue weighted by molar-refractivity contribution is 0.414. The number of hydrogen-bond donors (Lipinski definition) is 0. The van der Waals surface area contributed by atoms with Crippen LogP contribution in [0, 0.1) is 6.92 Å². The predicted molar refractivity (Wildman–Crippen MR) is 146 cm³/mol. The molecule has 0 radical (unpaired) electrons. The molecular weight excluding hydrogens is 559 g/mol. The van der Waals surface area contributed by atoms with Crippen molar-refractivity contribution in [3.63, 3.8) is 0 Å². The third-order valence-electron chi connectivity index (χ3n) is 5.75. The first-order valence-corrected chi connectivity index (χ1v) is 13.4. The highest BCUT2D eigenvalue weighted by Crippen LogP contribution is 2.27. The minimum absolute atomic E-state index is 0.224. The summed E-state index contributed by atoms with van der Waals surface area (Å²) in [6, 6.07) is 22.7. The number of fused-ring (bicyclic) bond motifs is 1. The minimum atomic E-state index is -3.74. The summed E-state index contributed by atoms with van der Waals surface area (Å²) in [5.41, 5.74) is 4.21. The van der Waals surface area contributed by atoms with Gasteiger partial charge in [-0.05, 0) is 71.0 Å². The molecule has 0 aliphatic carbocycles. The molecule has 4 aromatic rings. The summed E-state index contributed by atoms with van der Waals surface area (Å²) in [5, 5.41) is 1.18. The Bertz CT molecular complexity index is 1420. The number of methoxy groups -OCH3 is 1. The molecule has 0 atom stereocenters. The van der Waals surface area contributed by atoms with Gasteiger partial charge in [-0.3, -0.25) is 4.31 Å². The average molecular weight is 586 g/mol. The highest BCUT2D eigenvalue weighted by molar-refractivity contribution is 14.1. The molecule has 0 bridgehead atoms. The Morgan fingerprint density at radius 1 is 1.03 bits per heavy atom. The van der Waals surface area contributed by atoms with Crippen LogP contribution >= 0.6 is 22.6 Å². The summed E-state index contributed by atoms with van der Waals surface area (Å²) < 4.78 is 37.0. The van der Waals surface area contributed by atoms with Crippen LogP contribution in [0.15, 0.2) is 93.7 Å². The van der Waals surface area contributed by atoms with Crippen LogP contribution in [0.2, 0.25) is 0 Å². The van der Waals surface area contributed by atoms with Crippen LogP contribution < -0.4 is 4.74 Å². The lowest BCUT2D eigenvalue weighted by Crippen LogP contribution is -2.26. The molecule has 1 aromatic heterocycles. The fraction of sp³-hybridized carbons (Fsp3) is 0.185. The molecule has 0 amide bonds. The van der Waals surface area contributed by atoms with E-state index in [0.29, 0.717) is 6.42 Å². The van der Waals surface area contributed by atoms with Crippen molar-refractivity contribution in [2.24, 2.45) is 7.05 Å². The Labute approximate surface area is 214 Å². The van der Waals surface area contributed by atoms with Gasteiger partial charge in [0.1, 0.15) is 5.75 Å². The highest BCUT2D eigenvalue weighted by atomic mass is 127. The first-order chi connectivity index (χ1) is 16.3. The Morgan fingerprint density at radius 3 is 2.38 bits per heavy atom. The second kappa shape index (κ2) is 10.2. The number of aromatic nitrogens is 1. The second-order valence-corrected chi connectivity index (χ2v) is 11.5. The number of sulfonamides is 1. The molecule has 0 fully saturated rings. The molecular formula is C27H27IN2O3S. The summed E-state index contributed by atoms with van der Waals surface area (Å²) in [6.45, 7) is 2.17. The lowest BCUT2D eigenvalue weighted by atomic mass is 10.1. The maximum atomic E-state index is 13.6. The fourth-order valence-corrected chi connectivity index (χ4v) is 6.18. The number of allylic oxidation sites excluding steroid dienone is 1. The van der Waals surface area contributed by atoms with Crippen LogP contribution in [0.5, 0.6) is 5.75 Å². The van der Waals surface area contributed by atoms with E-state index in [1.165, 1.54) is 9.69 Å². The number of para-hydroxylation sites is 1. The zero-order valence-corrected chi connectivity index (χ0v) is 22.4. The minimum Gasteiger partial charge on any atom is -0.497 e. The lowest BCUT2D eigenvalue weighted by Gasteiger charge is -2.22. The largest absolute Gasteiger partial charge is 0.497 e. The zero-order chi connectivity index (χ0) is 24.3. The summed E-state index contributed by atoms with van der Waals surface area (Å²) in [4.78, 5) is 0.275. The van der Waals surface area contributed by atoms with Gasteiger partial charge in [0, 0.05) is 40.3 Å². The van der Waals surface area contributed by atoms with Crippen molar-refractivity contribution in [2.75, 3.05) is 7.11 Å². The van der Waals surface area contributed by atoms with Gasteiger partial charge in [-0.25, -0.2) is 8.42 Å². The number of benzene rings is 3. The SMILES string of the molecule is COc1ccc(CN(/C=C(\I)Cc2cn(C)c3ccccc23)S(=O)(=O)c2ccc(C)cc2)cc1. The topological polar surface area (TPSA) is 51.5 Å². The number of nitrogens with zero attached hydrogens (tertiary/aromatic N) is 2. The van der Waals surface area contributed by atoms with Crippen LogP contribution in [-0.2, 0) is 30.0 Å². The van der Waals surface area contributed by atoms with Crippen LogP contribution in [0.1, 0.15) is 16.7 Å². The smallest absolute Gasteiger partial charge is 0.264 e. The first-order valence-electron chi connectivity index (χ1n) is 10.9. The monoisotopic (exact) mass is 586 g/mol. The summed E-state index contributed by atoms with van der Waals surface area (Å²) >= 11 is 2.25. The molecule has 0 N–H and O–H groups in total. The van der Waals surface area contributed by atoms with Gasteiger partial charge in [0.25, 0.3) is 10.0 Å². The number of hydrogen-bond acceptors (Lipinski definition) is 3. The third kappa shape index (κ3) is 5.31. The van der Waals surface area contributed by atoms with Crippen LogP contribution in [-0.4, -0.2) is 24.4 Å². The molecule has 0 saturated heterocycles. The average Bonchev–Trinajstić information content (AvgIpc) is 3.14. The van der Waals surface area contributed by atoms with Gasteiger partial charge in [-0.15, -0.1) is 0 Å². The van der Waals surface area contributed by atoms with Crippen LogP contribution in [0.4, 0.5) is 0 Å². The van der Waals surface area contributed by atoms with E-state index in [1.54, 1.807) is 25.4 Å². The van der Waals surface area contributed by atoms with E-state index in [4.69, 9.17) is 4.74 Å². The van der Waals surface area contributed by atoms with Crippen LogP contribution in [0.25, 0.3) is 10.9 Å². The molecule has 0 aliphatic heterocycles. The van der Waals surface area contributed by atoms with Crippen molar-refractivity contribution in [1.29, 1.82) is 0 Å². The van der Waals surface area contributed by atoms with E-state index < -0.39 is 10.0 Å². The zero-order valence-electron chi connectivity index (χ0n) is 19.4. The Balaban J connectivity index is 1.69. The van der Waals surface area contributed by atoms with E-state index in [1.807, 2.05) is 62.5 Å². The fourth-order valence-electron chi connectivity index (χ4n) is 3.91. The Morgan fingerprint density at radius 2 is 1.71 bits per heavy atom. The van der Waals surface area contributed by atoms with E-state index in [-0.39, 0.29) is 11.4 Å². The predicted octanol–water partition coefficient (Wildman–Crippen LogP) is 6.21. The maximum absolute atomic E-state index is 13.6.